The molecule has 2 N–H and O–H groups in total. The number of pyridine rings is 1. The molecule has 1 rings (SSSR count). The number of hydrogen-bond acceptors (Lipinski definition) is 3. The Bertz CT molecular complexity index is 346. The van der Waals surface area contributed by atoms with Gasteiger partial charge in [0.25, 0.3) is 0 Å². The summed E-state index contributed by atoms with van der Waals surface area (Å²) in [5.41, 5.74) is 3.04. The monoisotopic (exact) mass is 222 g/mol. The van der Waals surface area contributed by atoms with Gasteiger partial charge in [0.05, 0.1) is 18.0 Å². The van der Waals surface area contributed by atoms with Crippen LogP contribution in [0, 0.1) is 19.3 Å². The molecule has 1 heterocycles. The zero-order valence-corrected chi connectivity index (χ0v) is 10.7. The second kappa shape index (κ2) is 5.30. The van der Waals surface area contributed by atoms with Crippen molar-refractivity contribution in [3.05, 3.63) is 23.5 Å². The van der Waals surface area contributed by atoms with E-state index in [4.69, 9.17) is 0 Å². The first kappa shape index (κ1) is 13.0. The average Bonchev–Trinajstić information content (AvgIpc) is 2.27. The fourth-order valence-electron chi connectivity index (χ4n) is 1.47. The maximum absolute atomic E-state index is 9.32. The first-order chi connectivity index (χ1) is 7.50. The summed E-state index contributed by atoms with van der Waals surface area (Å²) in [6.45, 7) is 9.13. The molecule has 0 saturated heterocycles. The Labute approximate surface area is 97.9 Å². The van der Waals surface area contributed by atoms with Gasteiger partial charge in [0.2, 0.25) is 0 Å². The molecule has 3 nitrogen and oxygen atoms in total. The lowest BCUT2D eigenvalue weighted by Crippen LogP contribution is -2.29. The van der Waals surface area contributed by atoms with E-state index in [1.54, 1.807) is 0 Å². The minimum atomic E-state index is -0.0582. The number of aliphatic hydroxyl groups is 1. The molecule has 0 aliphatic heterocycles. The molecule has 3 heteroatoms. The highest BCUT2D eigenvalue weighted by molar-refractivity contribution is 5.47. The Hall–Kier alpha value is -1.09. The fourth-order valence-corrected chi connectivity index (χ4v) is 1.47. The molecule has 1 atom stereocenters. The van der Waals surface area contributed by atoms with E-state index in [-0.39, 0.29) is 12.0 Å². The van der Waals surface area contributed by atoms with Gasteiger partial charge in [-0.15, -0.1) is 0 Å². The van der Waals surface area contributed by atoms with E-state index in [1.807, 2.05) is 26.0 Å². The average molecular weight is 222 g/mol. The number of hydrogen-bond donors (Lipinski definition) is 2. The summed E-state index contributed by atoms with van der Waals surface area (Å²) in [7, 11) is 0. The van der Waals surface area contributed by atoms with Crippen LogP contribution >= 0.6 is 0 Å². The fraction of sp³-hybridized carbons (Fsp3) is 0.615. The number of anilines is 1. The van der Waals surface area contributed by atoms with E-state index >= 15 is 0 Å². The molecule has 0 bridgehead atoms. The Morgan fingerprint density at radius 3 is 2.56 bits per heavy atom. The summed E-state index contributed by atoms with van der Waals surface area (Å²) in [4.78, 5) is 4.40. The van der Waals surface area contributed by atoms with Crippen molar-refractivity contribution in [1.29, 1.82) is 0 Å². The lowest BCUT2D eigenvalue weighted by molar-refractivity contribution is 0.149. The predicted octanol–water partition coefficient (Wildman–Crippen LogP) is 2.52. The Morgan fingerprint density at radius 2 is 2.06 bits per heavy atom. The van der Waals surface area contributed by atoms with E-state index in [0.717, 1.165) is 30.0 Å². The topological polar surface area (TPSA) is 45.1 Å². The molecule has 0 amide bonds. The van der Waals surface area contributed by atoms with Crippen LogP contribution in [0.4, 0.5) is 5.69 Å². The van der Waals surface area contributed by atoms with Crippen molar-refractivity contribution < 1.29 is 5.11 Å². The predicted molar refractivity (Wildman–Crippen MR) is 67.7 cm³/mol. The van der Waals surface area contributed by atoms with Gasteiger partial charge in [-0.2, -0.15) is 0 Å². The van der Waals surface area contributed by atoms with E-state index in [9.17, 15) is 5.11 Å². The molecule has 1 aromatic heterocycles. The minimum Gasteiger partial charge on any atom is -0.396 e. The van der Waals surface area contributed by atoms with E-state index < -0.39 is 0 Å². The number of aromatic nitrogens is 1. The first-order valence-corrected chi connectivity index (χ1v) is 5.80. The maximum Gasteiger partial charge on any atom is 0.0606 e. The molecule has 0 aromatic carbocycles. The Kier molecular flexibility index (Phi) is 4.30. The zero-order valence-electron chi connectivity index (χ0n) is 10.7. The van der Waals surface area contributed by atoms with Gasteiger partial charge in [-0.25, -0.2) is 0 Å². The van der Waals surface area contributed by atoms with Crippen LogP contribution in [0.5, 0.6) is 0 Å². The lowest BCUT2D eigenvalue weighted by atomic mass is 9.88. The van der Waals surface area contributed by atoms with Crippen LogP contribution in [0.3, 0.4) is 0 Å². The lowest BCUT2D eigenvalue weighted by Gasteiger charge is -2.26. The van der Waals surface area contributed by atoms with Crippen molar-refractivity contribution in [3.63, 3.8) is 0 Å². The third-order valence-corrected chi connectivity index (χ3v) is 3.17. The van der Waals surface area contributed by atoms with Crippen LogP contribution < -0.4 is 5.32 Å². The molecule has 1 unspecified atom stereocenters. The van der Waals surface area contributed by atoms with Crippen LogP contribution in [0.25, 0.3) is 0 Å². The van der Waals surface area contributed by atoms with Crippen molar-refractivity contribution in [2.24, 2.45) is 5.41 Å². The molecular weight excluding hydrogens is 200 g/mol. The van der Waals surface area contributed by atoms with Gasteiger partial charge in [-0.1, -0.05) is 13.8 Å². The highest BCUT2D eigenvalue weighted by Gasteiger charge is 2.20. The van der Waals surface area contributed by atoms with Crippen LogP contribution in [0.2, 0.25) is 0 Å². The van der Waals surface area contributed by atoms with Gasteiger partial charge in [0.15, 0.2) is 0 Å². The third kappa shape index (κ3) is 3.20. The summed E-state index contributed by atoms with van der Waals surface area (Å²) in [6, 6.07) is 4.04. The van der Waals surface area contributed by atoms with Gasteiger partial charge in [-0.3, -0.25) is 4.98 Å². The molecular formula is C13H22N2O. The summed E-state index contributed by atoms with van der Waals surface area (Å²) in [5.74, 6) is 0. The van der Waals surface area contributed by atoms with Crippen molar-refractivity contribution in [2.45, 2.75) is 34.1 Å². The minimum absolute atomic E-state index is 0.0582. The third-order valence-electron chi connectivity index (χ3n) is 3.17. The van der Waals surface area contributed by atoms with Crippen LogP contribution in [0.1, 0.15) is 31.7 Å². The molecule has 90 valence electrons. The van der Waals surface area contributed by atoms with Crippen molar-refractivity contribution in [2.75, 3.05) is 18.5 Å². The number of nitrogens with one attached hydrogen (secondary N) is 1. The normalized spacial score (nSPS) is 14.6. The van der Waals surface area contributed by atoms with Gasteiger partial charge in [0, 0.05) is 17.7 Å². The SMILES string of the molecule is CCC(C)(CO)CNc1ccc(C)nc1C. The number of aryl methyl sites for hydroxylation is 2. The highest BCUT2D eigenvalue weighted by Crippen LogP contribution is 2.22. The highest BCUT2D eigenvalue weighted by atomic mass is 16.3. The largest absolute Gasteiger partial charge is 0.396 e. The standard InChI is InChI=1S/C13H22N2O/c1-5-13(4,9-16)8-14-12-7-6-10(2)15-11(12)3/h6-7,14,16H,5,8-9H2,1-4H3. The number of nitrogens with zero attached hydrogens (tertiary/aromatic N) is 1. The first-order valence-electron chi connectivity index (χ1n) is 5.80. The number of aliphatic hydroxyl groups excluding tert-OH is 1. The van der Waals surface area contributed by atoms with Crippen molar-refractivity contribution in [1.82, 2.24) is 4.98 Å². The second-order valence-corrected chi connectivity index (χ2v) is 4.76. The van der Waals surface area contributed by atoms with Crippen LogP contribution in [-0.4, -0.2) is 23.2 Å². The van der Waals surface area contributed by atoms with Crippen molar-refractivity contribution >= 4 is 5.69 Å². The van der Waals surface area contributed by atoms with Gasteiger partial charge in [0.1, 0.15) is 0 Å². The molecule has 0 aliphatic carbocycles. The van der Waals surface area contributed by atoms with Crippen LogP contribution in [-0.2, 0) is 0 Å². The quantitative estimate of drug-likeness (QED) is 0.804. The molecule has 0 spiro atoms. The van der Waals surface area contributed by atoms with Crippen molar-refractivity contribution in [3.8, 4) is 0 Å². The van der Waals surface area contributed by atoms with Gasteiger partial charge >= 0.3 is 0 Å². The summed E-state index contributed by atoms with van der Waals surface area (Å²) in [5, 5.41) is 12.7. The summed E-state index contributed by atoms with van der Waals surface area (Å²) in [6.07, 6.45) is 0.953. The second-order valence-electron chi connectivity index (χ2n) is 4.76. The molecule has 0 radical (unpaired) electrons. The smallest absolute Gasteiger partial charge is 0.0606 e. The van der Waals surface area contributed by atoms with Gasteiger partial charge < -0.3 is 10.4 Å². The van der Waals surface area contributed by atoms with E-state index in [0.29, 0.717) is 0 Å². The summed E-state index contributed by atoms with van der Waals surface area (Å²) < 4.78 is 0. The Morgan fingerprint density at radius 1 is 1.38 bits per heavy atom. The summed E-state index contributed by atoms with van der Waals surface area (Å²) >= 11 is 0. The molecule has 0 aliphatic rings. The Balaban J connectivity index is 2.67. The maximum atomic E-state index is 9.32. The molecule has 16 heavy (non-hydrogen) atoms. The molecule has 0 fully saturated rings. The van der Waals surface area contributed by atoms with E-state index in [1.165, 1.54) is 0 Å². The molecule has 0 saturated carbocycles. The van der Waals surface area contributed by atoms with Crippen LogP contribution in [0.15, 0.2) is 12.1 Å². The number of rotatable bonds is 5. The zero-order chi connectivity index (χ0) is 12.2. The molecule has 1 aromatic rings. The van der Waals surface area contributed by atoms with Gasteiger partial charge in [-0.05, 0) is 32.4 Å². The van der Waals surface area contributed by atoms with E-state index in [2.05, 4.69) is 24.1 Å².